The van der Waals surface area contributed by atoms with E-state index in [1.54, 1.807) is 0 Å². The van der Waals surface area contributed by atoms with Crippen LogP contribution >= 0.6 is 0 Å². The van der Waals surface area contributed by atoms with Crippen LogP contribution in [0.15, 0.2) is 10.6 Å². The summed E-state index contributed by atoms with van der Waals surface area (Å²) in [6.07, 6.45) is 0. The van der Waals surface area contributed by atoms with Crippen molar-refractivity contribution in [3.05, 3.63) is 11.8 Å². The monoisotopic (exact) mass is 275 g/mol. The van der Waals surface area contributed by atoms with Crippen LogP contribution in [0.2, 0.25) is 0 Å². The van der Waals surface area contributed by atoms with Gasteiger partial charge in [0.1, 0.15) is 0 Å². The standard InChI is InChI=1S/C6H4F3NO6S/c1-14-5(11)3-2-4(10-15-3)16-17(12,13)6(7,8)9/h2H,1H3. The Morgan fingerprint density at radius 2 is 2.06 bits per heavy atom. The molecule has 96 valence electrons. The molecule has 0 aromatic carbocycles. The molecule has 0 amide bonds. The van der Waals surface area contributed by atoms with Crippen molar-refractivity contribution in [3.8, 4) is 5.88 Å². The minimum absolute atomic E-state index is 0.551. The number of carbonyl (C=O) groups is 1. The van der Waals surface area contributed by atoms with Gasteiger partial charge in [0.25, 0.3) is 5.88 Å². The maximum Gasteiger partial charge on any atom is 0.534 e. The number of carbonyl (C=O) groups excluding carboxylic acids is 1. The summed E-state index contributed by atoms with van der Waals surface area (Å²) in [5.74, 6) is -2.67. The topological polar surface area (TPSA) is 95.7 Å². The van der Waals surface area contributed by atoms with Gasteiger partial charge in [0.2, 0.25) is 5.76 Å². The maximum atomic E-state index is 11.9. The first-order chi connectivity index (χ1) is 7.67. The third kappa shape index (κ3) is 2.87. The van der Waals surface area contributed by atoms with Gasteiger partial charge in [0.15, 0.2) is 0 Å². The summed E-state index contributed by atoms with van der Waals surface area (Å²) in [5, 5.41) is 2.81. The third-order valence-corrected chi connectivity index (χ3v) is 2.31. The van der Waals surface area contributed by atoms with Crippen molar-refractivity contribution in [2.24, 2.45) is 0 Å². The number of nitrogens with zero attached hydrogens (tertiary/aromatic N) is 1. The van der Waals surface area contributed by atoms with Gasteiger partial charge in [-0.1, -0.05) is 0 Å². The Hall–Kier alpha value is -1.78. The van der Waals surface area contributed by atoms with Crippen LogP contribution in [0.4, 0.5) is 13.2 Å². The quantitative estimate of drug-likeness (QED) is 0.455. The number of alkyl halides is 3. The molecular weight excluding hydrogens is 271 g/mol. The highest BCUT2D eigenvalue weighted by Gasteiger charge is 2.49. The minimum Gasteiger partial charge on any atom is -0.463 e. The van der Waals surface area contributed by atoms with Crippen molar-refractivity contribution in [2.45, 2.75) is 5.51 Å². The Bertz CT molecular complexity index is 518. The SMILES string of the molecule is COC(=O)c1cc(OS(=O)(=O)C(F)(F)F)no1. The highest BCUT2D eigenvalue weighted by Crippen LogP contribution is 2.26. The Morgan fingerprint density at radius 1 is 1.47 bits per heavy atom. The molecule has 1 rings (SSSR count). The number of rotatable bonds is 3. The number of hydrogen-bond donors (Lipinski definition) is 0. The van der Waals surface area contributed by atoms with Crippen LogP contribution in [-0.2, 0) is 14.9 Å². The van der Waals surface area contributed by atoms with Gasteiger partial charge >= 0.3 is 21.6 Å². The molecule has 0 aliphatic heterocycles. The second-order valence-electron chi connectivity index (χ2n) is 2.50. The number of halogens is 3. The van der Waals surface area contributed by atoms with E-state index in [2.05, 4.69) is 18.6 Å². The third-order valence-electron chi connectivity index (χ3n) is 1.35. The molecule has 0 saturated heterocycles. The van der Waals surface area contributed by atoms with E-state index in [4.69, 9.17) is 0 Å². The normalized spacial score (nSPS) is 12.2. The van der Waals surface area contributed by atoms with Gasteiger partial charge in [-0.05, 0) is 5.16 Å². The summed E-state index contributed by atoms with van der Waals surface area (Å²) in [5.41, 5.74) is -5.60. The predicted molar refractivity (Wildman–Crippen MR) is 43.4 cm³/mol. The van der Waals surface area contributed by atoms with Gasteiger partial charge in [-0.2, -0.15) is 21.6 Å². The van der Waals surface area contributed by atoms with E-state index in [9.17, 15) is 26.4 Å². The molecule has 0 aliphatic rings. The molecule has 1 heterocycles. The zero-order valence-corrected chi connectivity index (χ0v) is 8.83. The fourth-order valence-electron chi connectivity index (χ4n) is 0.655. The first-order valence-electron chi connectivity index (χ1n) is 3.73. The fourth-order valence-corrected chi connectivity index (χ4v) is 1.05. The van der Waals surface area contributed by atoms with Crippen molar-refractivity contribution in [1.29, 1.82) is 0 Å². The zero-order valence-electron chi connectivity index (χ0n) is 8.02. The lowest BCUT2D eigenvalue weighted by Gasteiger charge is -2.05. The largest absolute Gasteiger partial charge is 0.534 e. The average Bonchev–Trinajstić information content (AvgIpc) is 2.62. The molecule has 0 saturated carbocycles. The van der Waals surface area contributed by atoms with E-state index in [0.29, 0.717) is 6.07 Å². The van der Waals surface area contributed by atoms with Crippen LogP contribution in [-0.4, -0.2) is 32.2 Å². The Morgan fingerprint density at radius 3 is 2.53 bits per heavy atom. The van der Waals surface area contributed by atoms with Crippen LogP contribution in [0.3, 0.4) is 0 Å². The van der Waals surface area contributed by atoms with E-state index < -0.39 is 33.2 Å². The van der Waals surface area contributed by atoms with E-state index in [1.165, 1.54) is 0 Å². The molecule has 0 aliphatic carbocycles. The molecule has 0 radical (unpaired) electrons. The second kappa shape index (κ2) is 4.24. The van der Waals surface area contributed by atoms with Gasteiger partial charge in [0.05, 0.1) is 13.2 Å². The van der Waals surface area contributed by atoms with Gasteiger partial charge < -0.3 is 13.4 Å². The molecule has 0 bridgehead atoms. The molecule has 0 N–H and O–H groups in total. The average molecular weight is 275 g/mol. The Balaban J connectivity index is 2.91. The molecule has 0 fully saturated rings. The first kappa shape index (κ1) is 13.3. The predicted octanol–water partition coefficient (Wildman–Crippen LogP) is 0.690. The van der Waals surface area contributed by atoms with Crippen molar-refractivity contribution in [3.63, 3.8) is 0 Å². The summed E-state index contributed by atoms with van der Waals surface area (Å²) in [6.45, 7) is 0. The number of esters is 1. The van der Waals surface area contributed by atoms with E-state index >= 15 is 0 Å². The molecule has 0 unspecified atom stereocenters. The molecule has 1 aromatic heterocycles. The summed E-state index contributed by atoms with van der Waals surface area (Å²) in [4.78, 5) is 10.8. The fraction of sp³-hybridized carbons (Fsp3) is 0.333. The van der Waals surface area contributed by atoms with Crippen molar-refractivity contribution >= 4 is 16.1 Å². The van der Waals surface area contributed by atoms with E-state index in [0.717, 1.165) is 7.11 Å². The Kier molecular flexibility index (Phi) is 3.31. The minimum atomic E-state index is -5.84. The van der Waals surface area contributed by atoms with Crippen molar-refractivity contribution in [1.82, 2.24) is 5.16 Å². The second-order valence-corrected chi connectivity index (χ2v) is 4.04. The zero-order chi connectivity index (χ0) is 13.3. The molecule has 17 heavy (non-hydrogen) atoms. The van der Waals surface area contributed by atoms with Gasteiger partial charge in [-0.25, -0.2) is 4.79 Å². The molecule has 0 spiro atoms. The lowest BCUT2D eigenvalue weighted by molar-refractivity contribution is -0.0502. The first-order valence-corrected chi connectivity index (χ1v) is 5.14. The summed E-state index contributed by atoms with van der Waals surface area (Å²) >= 11 is 0. The Labute approximate surface area is 92.2 Å². The van der Waals surface area contributed by atoms with Crippen molar-refractivity contribution < 1.29 is 39.8 Å². The number of hydrogen-bond acceptors (Lipinski definition) is 7. The van der Waals surface area contributed by atoms with Crippen LogP contribution in [0.1, 0.15) is 10.6 Å². The summed E-state index contributed by atoms with van der Waals surface area (Å²) < 4.78 is 68.6. The smallest absolute Gasteiger partial charge is 0.463 e. The number of ether oxygens (including phenoxy) is 1. The summed E-state index contributed by atoms with van der Waals surface area (Å²) in [6, 6.07) is 0.551. The lowest BCUT2D eigenvalue weighted by Crippen LogP contribution is -2.28. The van der Waals surface area contributed by atoms with Crippen LogP contribution in [0.25, 0.3) is 0 Å². The number of aromatic nitrogens is 1. The van der Waals surface area contributed by atoms with Crippen molar-refractivity contribution in [2.75, 3.05) is 7.11 Å². The van der Waals surface area contributed by atoms with E-state index in [1.807, 2.05) is 0 Å². The van der Waals surface area contributed by atoms with Gasteiger partial charge in [0, 0.05) is 0 Å². The molecular formula is C6H4F3NO6S. The molecule has 11 heteroatoms. The van der Waals surface area contributed by atoms with Crippen LogP contribution < -0.4 is 4.18 Å². The van der Waals surface area contributed by atoms with Gasteiger partial charge in [-0.15, -0.1) is 0 Å². The molecule has 0 atom stereocenters. The van der Waals surface area contributed by atoms with Crippen LogP contribution in [0, 0.1) is 0 Å². The molecule has 1 aromatic rings. The molecule has 7 nitrogen and oxygen atoms in total. The number of methoxy groups -OCH3 is 1. The lowest BCUT2D eigenvalue weighted by atomic mass is 10.5. The highest BCUT2D eigenvalue weighted by molar-refractivity contribution is 7.87. The highest BCUT2D eigenvalue weighted by atomic mass is 32.2. The van der Waals surface area contributed by atoms with E-state index in [-0.39, 0.29) is 0 Å². The van der Waals surface area contributed by atoms with Crippen LogP contribution in [0.5, 0.6) is 5.88 Å². The maximum absolute atomic E-state index is 11.9. The summed E-state index contributed by atoms with van der Waals surface area (Å²) in [7, 11) is -4.86. The van der Waals surface area contributed by atoms with Gasteiger partial charge in [-0.3, -0.25) is 0 Å².